The molecule has 0 radical (unpaired) electrons. The van der Waals surface area contributed by atoms with Crippen LogP contribution in [0.2, 0.25) is 0 Å². The molecule has 32 heavy (non-hydrogen) atoms. The summed E-state index contributed by atoms with van der Waals surface area (Å²) in [7, 11) is 0. The van der Waals surface area contributed by atoms with Gasteiger partial charge in [0.05, 0.1) is 0 Å². The van der Waals surface area contributed by atoms with Gasteiger partial charge in [0.15, 0.2) is 5.16 Å². The fourth-order valence-electron chi connectivity index (χ4n) is 3.28. The Balaban J connectivity index is 1.75. The maximum Gasteiger partial charge on any atom is 0.355 e. The number of rotatable bonds is 7. The van der Waals surface area contributed by atoms with Crippen LogP contribution in [0.15, 0.2) is 28.8 Å². The van der Waals surface area contributed by atoms with Gasteiger partial charge in [0, 0.05) is 30.6 Å². The van der Waals surface area contributed by atoms with E-state index in [-0.39, 0.29) is 24.8 Å². The van der Waals surface area contributed by atoms with Crippen molar-refractivity contribution in [3.8, 4) is 0 Å². The van der Waals surface area contributed by atoms with Crippen LogP contribution < -0.4 is 5.32 Å². The summed E-state index contributed by atoms with van der Waals surface area (Å²) in [6.07, 6.45) is 5.16. The van der Waals surface area contributed by atoms with Crippen molar-refractivity contribution >= 4 is 47.3 Å². The lowest BCUT2D eigenvalue weighted by atomic mass is 10.0. The predicted octanol–water partition coefficient (Wildman–Crippen LogP) is 1.16. The molecule has 3 heterocycles. The lowest BCUT2D eigenvalue weighted by Gasteiger charge is -2.49. The molecule has 3 rings (SSSR count). The van der Waals surface area contributed by atoms with E-state index >= 15 is 0 Å². The Bertz CT molecular complexity index is 968. The summed E-state index contributed by atoms with van der Waals surface area (Å²) in [5, 5.41) is 3.01. The number of nitrogens with zero attached hydrogens (tertiary/aromatic N) is 3. The maximum absolute atomic E-state index is 12.9. The number of hydrogen-bond acceptors (Lipinski definition) is 9. The van der Waals surface area contributed by atoms with Gasteiger partial charge in [-0.05, 0) is 27.0 Å². The molecule has 1 aromatic rings. The van der Waals surface area contributed by atoms with Gasteiger partial charge in [-0.15, -0.1) is 11.8 Å². The first kappa shape index (κ1) is 24.2. The second-order valence-corrected chi connectivity index (χ2v) is 10.1. The molecule has 12 heteroatoms. The van der Waals surface area contributed by atoms with Gasteiger partial charge in [-0.1, -0.05) is 11.8 Å². The zero-order valence-corrected chi connectivity index (χ0v) is 20.2. The van der Waals surface area contributed by atoms with Crippen molar-refractivity contribution < 1.29 is 28.7 Å². The van der Waals surface area contributed by atoms with E-state index in [9.17, 15) is 19.2 Å². The van der Waals surface area contributed by atoms with Gasteiger partial charge in [0.2, 0.25) is 5.91 Å². The molecule has 1 N–H and O–H groups in total. The number of hydrogen-bond donors (Lipinski definition) is 1. The zero-order valence-electron chi connectivity index (χ0n) is 18.5. The number of β-lactam (4-membered cyclic amide) rings is 1. The van der Waals surface area contributed by atoms with Gasteiger partial charge in [-0.2, -0.15) is 0 Å². The number of carbonyl (C=O) groups excluding carboxylic acids is 4. The summed E-state index contributed by atoms with van der Waals surface area (Å²) in [5.74, 6) is -1.53. The Kier molecular flexibility index (Phi) is 7.23. The van der Waals surface area contributed by atoms with Crippen LogP contribution in [0, 0.1) is 0 Å². The van der Waals surface area contributed by atoms with E-state index in [1.54, 1.807) is 37.7 Å². The first-order valence-corrected chi connectivity index (χ1v) is 12.2. The van der Waals surface area contributed by atoms with Crippen molar-refractivity contribution in [3.05, 3.63) is 23.7 Å². The van der Waals surface area contributed by atoms with Gasteiger partial charge in [-0.25, -0.2) is 9.78 Å². The molecule has 1 fully saturated rings. The lowest BCUT2D eigenvalue weighted by Crippen LogP contribution is -2.71. The Hall–Kier alpha value is -2.47. The molecule has 0 bridgehead atoms. The fourth-order valence-corrected chi connectivity index (χ4v) is 5.13. The van der Waals surface area contributed by atoms with E-state index in [4.69, 9.17) is 9.47 Å². The van der Waals surface area contributed by atoms with Crippen LogP contribution >= 0.6 is 23.5 Å². The van der Waals surface area contributed by atoms with Gasteiger partial charge in [0.25, 0.3) is 5.91 Å². The molecular weight excluding hydrogens is 456 g/mol. The number of fused-ring (bicyclic) bond motifs is 1. The highest BCUT2D eigenvalue weighted by Crippen LogP contribution is 2.41. The minimum Gasteiger partial charge on any atom is -0.461 e. The van der Waals surface area contributed by atoms with Crippen molar-refractivity contribution in [2.45, 2.75) is 56.4 Å². The van der Waals surface area contributed by atoms with Crippen LogP contribution in [0.25, 0.3) is 0 Å². The maximum atomic E-state index is 12.9. The normalized spacial score (nSPS) is 20.4. The minimum absolute atomic E-state index is 0.0316. The zero-order chi connectivity index (χ0) is 23.6. The minimum atomic E-state index is -0.766. The third-order valence-corrected chi connectivity index (χ3v) is 6.62. The molecule has 2 unspecified atom stereocenters. The van der Waals surface area contributed by atoms with Gasteiger partial charge in [-0.3, -0.25) is 19.3 Å². The molecule has 174 valence electrons. The molecule has 0 saturated carbocycles. The molecule has 1 saturated heterocycles. The average molecular weight is 483 g/mol. The molecule has 0 aliphatic carbocycles. The van der Waals surface area contributed by atoms with Crippen molar-refractivity contribution in [1.29, 1.82) is 0 Å². The number of amides is 2. The summed E-state index contributed by atoms with van der Waals surface area (Å²) in [6.45, 7) is 6.38. The van der Waals surface area contributed by atoms with Crippen molar-refractivity contribution in [1.82, 2.24) is 19.8 Å². The standard InChI is InChI=1S/C20H26N4O6S2/c1-11(25)29-9-12-10-32-17-14(22-13(26)8-23-7-6-21-19(23)31-5)16(27)24(17)15(12)18(28)30-20(2,3)4/h6-7,14,17H,8-10H2,1-5H3,(H,22,26). The lowest BCUT2D eigenvalue weighted by molar-refractivity contribution is -0.159. The summed E-state index contributed by atoms with van der Waals surface area (Å²) >= 11 is 2.81. The van der Waals surface area contributed by atoms with Gasteiger partial charge >= 0.3 is 11.9 Å². The number of esters is 2. The van der Waals surface area contributed by atoms with E-state index in [1.807, 2.05) is 6.26 Å². The number of nitrogens with one attached hydrogen (secondary N) is 1. The average Bonchev–Trinajstić information content (AvgIpc) is 3.15. The molecule has 0 spiro atoms. The monoisotopic (exact) mass is 482 g/mol. The number of ether oxygens (including phenoxy) is 2. The van der Waals surface area contributed by atoms with Crippen LogP contribution in [-0.4, -0.2) is 73.8 Å². The molecule has 2 aliphatic heterocycles. The van der Waals surface area contributed by atoms with E-state index in [2.05, 4.69) is 10.3 Å². The molecule has 0 aromatic carbocycles. The van der Waals surface area contributed by atoms with Crippen molar-refractivity contribution in [3.63, 3.8) is 0 Å². The third kappa shape index (κ3) is 5.29. The van der Waals surface area contributed by atoms with Crippen LogP contribution in [-0.2, 0) is 35.2 Å². The Morgan fingerprint density at radius 1 is 1.34 bits per heavy atom. The van der Waals surface area contributed by atoms with Crippen LogP contribution in [0.4, 0.5) is 0 Å². The quantitative estimate of drug-likeness (QED) is 0.347. The molecule has 2 atom stereocenters. The first-order chi connectivity index (χ1) is 15.0. The van der Waals surface area contributed by atoms with Crippen LogP contribution in [0.5, 0.6) is 0 Å². The SMILES string of the molecule is CSc1nccn1CC(=O)NC1C(=O)N2C(C(=O)OC(C)(C)C)=C(COC(C)=O)CSC12. The highest BCUT2D eigenvalue weighted by atomic mass is 32.2. The molecule has 1 aromatic heterocycles. The van der Waals surface area contributed by atoms with E-state index in [1.165, 1.54) is 35.3 Å². The summed E-state index contributed by atoms with van der Waals surface area (Å²) in [5.41, 5.74) is -0.186. The van der Waals surface area contributed by atoms with Crippen LogP contribution in [0.3, 0.4) is 0 Å². The topological polar surface area (TPSA) is 120 Å². The predicted molar refractivity (Wildman–Crippen MR) is 119 cm³/mol. The summed E-state index contributed by atoms with van der Waals surface area (Å²) in [6, 6.07) is -0.763. The van der Waals surface area contributed by atoms with Crippen molar-refractivity contribution in [2.24, 2.45) is 0 Å². The number of aromatic nitrogens is 2. The number of carbonyl (C=O) groups is 4. The van der Waals surface area contributed by atoms with Crippen molar-refractivity contribution in [2.75, 3.05) is 18.6 Å². The third-order valence-electron chi connectivity index (χ3n) is 4.58. The highest BCUT2D eigenvalue weighted by molar-refractivity contribution is 8.00. The number of imidazole rings is 1. The molecular formula is C20H26N4O6S2. The fraction of sp³-hybridized carbons (Fsp3) is 0.550. The van der Waals surface area contributed by atoms with Gasteiger partial charge < -0.3 is 19.4 Å². The van der Waals surface area contributed by atoms with E-state index < -0.39 is 34.9 Å². The van der Waals surface area contributed by atoms with Crippen LogP contribution in [0.1, 0.15) is 27.7 Å². The smallest absolute Gasteiger partial charge is 0.355 e. The summed E-state index contributed by atoms with van der Waals surface area (Å²) < 4.78 is 12.2. The Labute approximate surface area is 194 Å². The van der Waals surface area contributed by atoms with E-state index in [0.29, 0.717) is 16.5 Å². The summed E-state index contributed by atoms with van der Waals surface area (Å²) in [4.78, 5) is 55.1. The molecule has 2 amide bonds. The van der Waals surface area contributed by atoms with Gasteiger partial charge in [0.1, 0.15) is 35.9 Å². The second kappa shape index (κ2) is 9.57. The largest absolute Gasteiger partial charge is 0.461 e. The Morgan fingerprint density at radius 3 is 2.69 bits per heavy atom. The second-order valence-electron chi connectivity index (χ2n) is 8.23. The molecule has 10 nitrogen and oxygen atoms in total. The number of thioether (sulfide) groups is 2. The first-order valence-electron chi connectivity index (χ1n) is 9.89. The molecule has 2 aliphatic rings. The van der Waals surface area contributed by atoms with E-state index in [0.717, 1.165) is 0 Å². The highest BCUT2D eigenvalue weighted by Gasteiger charge is 2.54. The Morgan fingerprint density at radius 2 is 2.06 bits per heavy atom.